The Balaban J connectivity index is 0.000000121. The van der Waals surface area contributed by atoms with Gasteiger partial charge in [0, 0.05) is 114 Å². The molecule has 0 bridgehead atoms. The number of carbonyl (C=O) groups is 2. The molecule has 0 saturated heterocycles. The van der Waals surface area contributed by atoms with Crippen LogP contribution in [-0.2, 0) is 37.2 Å². The molecule has 38 heteroatoms. The van der Waals surface area contributed by atoms with E-state index in [2.05, 4.69) is 111 Å². The van der Waals surface area contributed by atoms with Crippen LogP contribution in [0.15, 0.2) is 262 Å². The maximum Gasteiger partial charge on any atom is 0.323 e. The van der Waals surface area contributed by atoms with Gasteiger partial charge in [-0.05, 0) is 249 Å². The van der Waals surface area contributed by atoms with Crippen LogP contribution >= 0.6 is 0 Å². The number of benzene rings is 4. The molecule has 142 heavy (non-hydrogen) atoms. The Morgan fingerprint density at radius 2 is 0.627 bits per heavy atom. The van der Waals surface area contributed by atoms with E-state index < -0.39 is 37.7 Å². The van der Waals surface area contributed by atoms with Gasteiger partial charge in [-0.1, -0.05) is 82.0 Å². The molecule has 2 aliphatic rings. The van der Waals surface area contributed by atoms with Gasteiger partial charge in [-0.2, -0.15) is 0 Å². The summed E-state index contributed by atoms with van der Waals surface area (Å²) in [5.74, 6) is 3.43. The molecule has 2 fully saturated rings. The van der Waals surface area contributed by atoms with Gasteiger partial charge in [0.25, 0.3) is 0 Å². The van der Waals surface area contributed by atoms with Crippen molar-refractivity contribution in [1.29, 1.82) is 0 Å². The second-order valence-electron chi connectivity index (χ2n) is 35.1. The van der Waals surface area contributed by atoms with E-state index in [9.17, 15) is 38.4 Å². The van der Waals surface area contributed by atoms with Crippen molar-refractivity contribution in [3.05, 3.63) is 357 Å². The molecule has 716 valence electrons. The molecule has 0 spiro atoms. The van der Waals surface area contributed by atoms with Crippen molar-refractivity contribution in [2.45, 2.75) is 122 Å². The molecule has 37 nitrogen and oxygen atoms in total. The van der Waals surface area contributed by atoms with Crippen LogP contribution in [0.25, 0.3) is 88.6 Å². The van der Waals surface area contributed by atoms with Crippen molar-refractivity contribution < 1.29 is 56.5 Å². The van der Waals surface area contributed by atoms with Crippen LogP contribution in [0.5, 0.6) is 0 Å². The smallest absolute Gasteiger partial charge is 0.323 e. The van der Waals surface area contributed by atoms with Gasteiger partial charge in [-0.25, -0.2) is 33.1 Å². The first-order chi connectivity index (χ1) is 68.5. The molecular weight excluding hydrogens is 1820 g/mol. The number of nitrogens with one attached hydrogen (secondary N) is 7. The predicted octanol–water partition coefficient (Wildman–Crippen LogP) is 16.3. The summed E-state index contributed by atoms with van der Waals surface area (Å²) in [7, 11) is -0.359. The molecule has 20 aromatic rings. The average molecular weight is 1920 g/mol. The third-order valence-electron chi connectivity index (χ3n) is 25.3. The number of hydrogen-bond acceptors (Lipinski definition) is 29. The number of aromatic amines is 4. The van der Waals surface area contributed by atoms with Gasteiger partial charge in [-0.3, -0.25) is 60.0 Å². The third kappa shape index (κ3) is 17.9. The minimum atomic E-state index is -3.64. The number of nitrogens with two attached hydrogens (primary N) is 1. The zero-order valence-electron chi connectivity index (χ0n) is 78.6. The lowest BCUT2D eigenvalue weighted by Gasteiger charge is -2.28. The highest BCUT2D eigenvalue weighted by atomic mass is 32.2. The van der Waals surface area contributed by atoms with Crippen LogP contribution in [0.1, 0.15) is 152 Å². The molecular formula is C104H97N25O12S. The number of nitrogen functional groups attached to an aromatic ring is 1. The number of aryl methyl sites for hydroxylation is 8. The van der Waals surface area contributed by atoms with E-state index in [1.165, 1.54) is 4.90 Å². The number of H-pyrrole nitrogens is 4. The summed E-state index contributed by atoms with van der Waals surface area (Å²) >= 11 is 0. The number of amides is 3. The Kier molecular flexibility index (Phi) is 25.4. The van der Waals surface area contributed by atoms with Gasteiger partial charge in [0.05, 0.1) is 118 Å². The van der Waals surface area contributed by atoms with Crippen LogP contribution in [-0.4, -0.2) is 165 Å². The van der Waals surface area contributed by atoms with Crippen molar-refractivity contribution >= 4 is 89.9 Å². The first-order valence-electron chi connectivity index (χ1n) is 45.7. The molecule has 16 aromatic heterocycles. The summed E-state index contributed by atoms with van der Waals surface area (Å²) in [6, 6.07) is 57.3. The highest BCUT2D eigenvalue weighted by Gasteiger charge is 2.46. The van der Waals surface area contributed by atoms with E-state index in [4.69, 9.17) is 28.8 Å². The molecule has 4 aromatic carbocycles. The lowest BCUT2D eigenvalue weighted by Crippen LogP contribution is -2.31. The van der Waals surface area contributed by atoms with Gasteiger partial charge in [0.1, 0.15) is 23.0 Å². The number of pyridine rings is 8. The second-order valence-corrected chi connectivity index (χ2v) is 37.0. The number of urea groups is 1. The molecule has 13 N–H and O–H groups in total. The normalized spacial score (nSPS) is 13.1. The van der Waals surface area contributed by atoms with E-state index in [1.807, 2.05) is 128 Å². The van der Waals surface area contributed by atoms with Gasteiger partial charge < -0.3 is 69.1 Å². The predicted molar refractivity (Wildman–Crippen MR) is 530 cm³/mol. The fourth-order valence-electron chi connectivity index (χ4n) is 18.4. The Morgan fingerprint density at radius 3 is 0.880 bits per heavy atom. The monoisotopic (exact) mass is 1920 g/mol. The van der Waals surface area contributed by atoms with Gasteiger partial charge >= 0.3 is 6.03 Å². The summed E-state index contributed by atoms with van der Waals surface area (Å²) in [6.45, 7) is 14.8. The van der Waals surface area contributed by atoms with Crippen molar-refractivity contribution in [3.63, 3.8) is 0 Å². The number of anilines is 4. The molecule has 2 saturated carbocycles. The largest absolute Gasteiger partial charge is 0.373 e. The summed E-state index contributed by atoms with van der Waals surface area (Å²) in [6.07, 6.45) is 17.7. The third-order valence-corrected chi connectivity index (χ3v) is 27.1. The minimum Gasteiger partial charge on any atom is -0.373 e. The minimum absolute atomic E-state index is 0.0227. The molecule has 0 radical (unpaired) electrons. The molecule has 22 rings (SSSR count). The van der Waals surface area contributed by atoms with E-state index in [1.54, 1.807) is 185 Å². The summed E-state index contributed by atoms with van der Waals surface area (Å²) in [5.41, 5.74) is 17.4. The van der Waals surface area contributed by atoms with Gasteiger partial charge in [0.15, 0.2) is 28.4 Å². The average Bonchev–Trinajstić information content (AvgIpc) is 1.32. The topological polar surface area (TPSA) is 537 Å². The number of rotatable bonds is 22. The molecule has 3 amide bonds. The number of fused-ring (bicyclic) bond motifs is 4. The molecule has 2 aliphatic carbocycles. The second kappa shape index (κ2) is 38.4. The zero-order chi connectivity index (χ0) is 99.1. The first kappa shape index (κ1) is 93.9. The lowest BCUT2D eigenvalue weighted by atomic mass is 9.83. The molecule has 0 atom stereocenters. The highest BCUT2D eigenvalue weighted by Crippen LogP contribution is 2.48. The number of imidazole rings is 4. The van der Waals surface area contributed by atoms with E-state index in [-0.39, 0.29) is 35.7 Å². The zero-order valence-corrected chi connectivity index (χ0v) is 79.5. The SMILES string of the molecule is Cc1noc(C)c1-c1cc(C(O)(c2ccccn2)c2ccccn2)c2nc(N)[nH]c2c1.Cc1noc(C)c1-c1cc(C(O)(c2ccccn2)c2ccccn2)c2nc(NC(=O)C3CC3)[nH]c2c1.Cc1noc(C)c1-c1cc(C(O)(c2ccccn2)c2ccccn2)c2nc(NC(=O)N(C)C)[nH]c2c1.Cc1noc(C)c1-c1cc(C(O)(c2ccccn2)c2ccccn2)c2nc(NS(=O)(=O)C3CCCC3)[nH]c2c1. The number of sulfonamides is 1. The lowest BCUT2D eigenvalue weighted by molar-refractivity contribution is -0.117. The number of hydrogen-bond donors (Lipinski definition) is 12. The van der Waals surface area contributed by atoms with Crippen LogP contribution in [0.2, 0.25) is 0 Å². The molecule has 0 unspecified atom stereocenters. The van der Waals surface area contributed by atoms with Crippen LogP contribution in [0.3, 0.4) is 0 Å². The molecule has 0 aliphatic heterocycles. The fourth-order valence-corrected chi connectivity index (χ4v) is 19.8. The maximum atomic E-state index is 13.1. The van der Waals surface area contributed by atoms with Crippen molar-refractivity contribution in [2.75, 3.05) is 35.2 Å². The van der Waals surface area contributed by atoms with Crippen molar-refractivity contribution in [3.8, 4) is 44.5 Å². The Labute approximate surface area is 811 Å². The van der Waals surface area contributed by atoms with Gasteiger partial charge in [-0.15, -0.1) is 0 Å². The first-order valence-corrected chi connectivity index (χ1v) is 47.2. The molecule has 16 heterocycles. The number of nitrogens with zero attached hydrogens (tertiary/aromatic N) is 17. The van der Waals surface area contributed by atoms with Crippen LogP contribution in [0, 0.1) is 61.3 Å². The van der Waals surface area contributed by atoms with E-state index >= 15 is 0 Å². The van der Waals surface area contributed by atoms with Crippen molar-refractivity contribution in [1.82, 2.24) is 105 Å². The van der Waals surface area contributed by atoms with Gasteiger partial charge in [0.2, 0.25) is 33.8 Å². The Hall–Kier alpha value is -17.1. The number of aliphatic hydroxyl groups is 4. The van der Waals surface area contributed by atoms with Crippen molar-refractivity contribution in [2.24, 2.45) is 5.92 Å². The summed E-state index contributed by atoms with van der Waals surface area (Å²) in [4.78, 5) is 93.1. The summed E-state index contributed by atoms with van der Waals surface area (Å²) < 4.78 is 50.5. The van der Waals surface area contributed by atoms with E-state index in [0.717, 1.165) is 76.0 Å². The number of aromatic nitrogens is 20. The number of carbonyl (C=O) groups excluding carboxylic acids is 2. The Bertz CT molecular complexity index is 7670. The quantitative estimate of drug-likeness (QED) is 0.0300. The summed E-state index contributed by atoms with van der Waals surface area (Å²) in [5, 5.41) is 71.2. The van der Waals surface area contributed by atoms with Crippen LogP contribution in [0.4, 0.5) is 28.6 Å². The van der Waals surface area contributed by atoms with Crippen LogP contribution < -0.4 is 21.1 Å². The fraction of sp³-hybridized carbons (Fsp3) is 0.212. The Morgan fingerprint density at radius 1 is 0.366 bits per heavy atom. The maximum absolute atomic E-state index is 13.1. The highest BCUT2D eigenvalue weighted by molar-refractivity contribution is 7.93. The van der Waals surface area contributed by atoms with E-state index in [0.29, 0.717) is 171 Å². The standard InChI is InChI=1S/C28H28N6O4S.C27H24N6O3.C26H25N7O3.C23H20N6O2/c1-17-25(18(2)38-33-17)19-15-21(28(35,23-11-5-7-13-29-23)24-12-6-8-14-30-24)26-22(16-19)31-27(32-26)34-39(36,37)20-9-3-4-10-20;1-15-23(16(2)36-33-15)18-13-19(24-20(14-18)30-26(31-24)32-25(34)17-9-10-17)27(35,21-7-3-5-11-28-21)22-8-4-6-12-29-22;1-15-22(16(2)36-32-15)17-13-18(23-19(14-17)29-24(30-23)31-25(34)33(3)4)26(35,20-9-5-7-11-27-20)21-10-6-8-12-28-21;1-13-20(14(2)31-29-13)15-11-16(21-17(12-15)27-22(24)28-21)23(30,18-7-3-5-9-25-18)19-8-4-6-10-26-19/h5-8,11-16,20,35H,3-4,9-10H2,1-2H3,(H2,31,32,34);3-8,11-14,17,35H,9-10H2,1-2H3,(H2,30,31,32,34);5-14,35H,1-4H3,(H2,29,30,31,34);3-12,30H,1-2H3,(H3,24,27,28).